The molecule has 0 bridgehead atoms. The van der Waals surface area contributed by atoms with Crippen molar-refractivity contribution in [2.45, 2.75) is 19.6 Å². The average molecular weight is 378 g/mol. The molecule has 1 atom stereocenters. The predicted molar refractivity (Wildman–Crippen MR) is 102 cm³/mol. The molecule has 8 heteroatoms. The summed E-state index contributed by atoms with van der Waals surface area (Å²) in [5.41, 5.74) is 2.50. The van der Waals surface area contributed by atoms with Crippen LogP contribution in [0.2, 0.25) is 0 Å². The van der Waals surface area contributed by atoms with E-state index in [1.807, 2.05) is 0 Å². The Hall–Kier alpha value is -3.65. The van der Waals surface area contributed by atoms with Gasteiger partial charge >= 0.3 is 0 Å². The first-order valence-corrected chi connectivity index (χ1v) is 8.55. The lowest BCUT2D eigenvalue weighted by molar-refractivity contribution is -0.142. The third-order valence-electron chi connectivity index (χ3n) is 4.00. The lowest BCUT2D eigenvalue weighted by Gasteiger charge is -2.08. The van der Waals surface area contributed by atoms with Gasteiger partial charge in [0.1, 0.15) is 11.9 Å². The van der Waals surface area contributed by atoms with Gasteiger partial charge < -0.3 is 15.4 Å². The number of rotatable bonds is 6. The highest BCUT2D eigenvalue weighted by Gasteiger charge is 2.18. The molecule has 8 nitrogen and oxygen atoms in total. The van der Waals surface area contributed by atoms with Crippen molar-refractivity contribution in [2.24, 2.45) is 0 Å². The molecule has 0 aliphatic rings. The van der Waals surface area contributed by atoms with E-state index in [1.54, 1.807) is 48.8 Å². The molecule has 1 aromatic carbocycles. The molecule has 28 heavy (non-hydrogen) atoms. The third kappa shape index (κ3) is 4.54. The first-order valence-electron chi connectivity index (χ1n) is 8.55. The van der Waals surface area contributed by atoms with Crippen LogP contribution in [0.3, 0.4) is 0 Å². The molecule has 2 aromatic heterocycles. The lowest BCUT2D eigenvalue weighted by Crippen LogP contribution is -2.36. The van der Waals surface area contributed by atoms with Crippen molar-refractivity contribution in [3.63, 3.8) is 0 Å². The first-order chi connectivity index (χ1) is 13.4. The summed E-state index contributed by atoms with van der Waals surface area (Å²) in [6.07, 6.45) is 1.92. The van der Waals surface area contributed by atoms with Crippen LogP contribution < -0.4 is 10.9 Å². The molecule has 0 aliphatic heterocycles. The fraction of sp³-hybridized carbons (Fsp3) is 0.150. The van der Waals surface area contributed by atoms with Gasteiger partial charge in [0, 0.05) is 36.1 Å². The number of hydrogen-bond donors (Lipinski definition) is 3. The zero-order chi connectivity index (χ0) is 20.1. The van der Waals surface area contributed by atoms with Crippen LogP contribution in [0.15, 0.2) is 59.7 Å². The van der Waals surface area contributed by atoms with E-state index < -0.39 is 17.8 Å². The minimum atomic E-state index is -1.34. The fourth-order valence-corrected chi connectivity index (χ4v) is 2.50. The average Bonchev–Trinajstić information content (AvgIpc) is 2.72. The molecule has 1 amide bonds. The van der Waals surface area contributed by atoms with Gasteiger partial charge in [0.15, 0.2) is 0 Å². The summed E-state index contributed by atoms with van der Waals surface area (Å²) in [6.45, 7) is 1.38. The summed E-state index contributed by atoms with van der Waals surface area (Å²) in [6, 6.07) is 12.0. The van der Waals surface area contributed by atoms with Gasteiger partial charge in [-0.3, -0.25) is 19.4 Å². The topological polar surface area (TPSA) is 125 Å². The highest BCUT2D eigenvalue weighted by molar-refractivity contribution is 6.37. The van der Waals surface area contributed by atoms with Crippen LogP contribution in [0.1, 0.15) is 12.5 Å². The molecule has 1 unspecified atom stereocenters. The quantitative estimate of drug-likeness (QED) is 0.551. The third-order valence-corrected chi connectivity index (χ3v) is 4.00. The predicted octanol–water partition coefficient (Wildman–Crippen LogP) is 1.06. The number of carbonyl (C=O) groups is 2. The minimum Gasteiger partial charge on any atom is -0.385 e. The Bertz CT molecular complexity index is 1040. The van der Waals surface area contributed by atoms with Crippen LogP contribution >= 0.6 is 0 Å². The number of benzene rings is 1. The van der Waals surface area contributed by atoms with Crippen molar-refractivity contribution >= 4 is 11.7 Å². The van der Waals surface area contributed by atoms with Crippen LogP contribution in [0, 0.1) is 0 Å². The Morgan fingerprint density at radius 3 is 2.43 bits per heavy atom. The second-order valence-electron chi connectivity index (χ2n) is 6.13. The fourth-order valence-electron chi connectivity index (χ4n) is 2.50. The van der Waals surface area contributed by atoms with E-state index >= 15 is 0 Å². The van der Waals surface area contributed by atoms with E-state index in [1.165, 1.54) is 13.0 Å². The van der Waals surface area contributed by atoms with Gasteiger partial charge in [-0.1, -0.05) is 24.3 Å². The number of carbonyl (C=O) groups excluding carboxylic acids is 2. The van der Waals surface area contributed by atoms with Gasteiger partial charge in [0.05, 0.1) is 5.69 Å². The molecule has 0 fully saturated rings. The van der Waals surface area contributed by atoms with Crippen molar-refractivity contribution in [3.8, 4) is 22.6 Å². The Morgan fingerprint density at radius 1 is 1.11 bits per heavy atom. The van der Waals surface area contributed by atoms with E-state index in [0.717, 1.165) is 11.1 Å². The number of aliphatic hydroxyl groups is 1. The van der Waals surface area contributed by atoms with Crippen LogP contribution in [-0.4, -0.2) is 37.9 Å². The van der Waals surface area contributed by atoms with Crippen molar-refractivity contribution in [3.05, 3.63) is 70.8 Å². The maximum atomic E-state index is 12.0. The number of amides is 1. The summed E-state index contributed by atoms with van der Waals surface area (Å²) >= 11 is 0. The van der Waals surface area contributed by atoms with Crippen molar-refractivity contribution < 1.29 is 14.7 Å². The number of aromatic amines is 1. The Labute approximate surface area is 160 Å². The lowest BCUT2D eigenvalue weighted by atomic mass is 10.1. The minimum absolute atomic E-state index is 0.137. The zero-order valence-electron chi connectivity index (χ0n) is 15.0. The maximum absolute atomic E-state index is 12.0. The van der Waals surface area contributed by atoms with E-state index in [4.69, 9.17) is 5.11 Å². The summed E-state index contributed by atoms with van der Waals surface area (Å²) in [5.74, 6) is -1.30. The second-order valence-corrected chi connectivity index (χ2v) is 6.13. The number of nitrogens with one attached hydrogen (secondary N) is 2. The second kappa shape index (κ2) is 8.36. The zero-order valence-corrected chi connectivity index (χ0v) is 15.0. The number of pyridine rings is 1. The number of H-pyrrole nitrogens is 1. The Balaban J connectivity index is 1.77. The Kier molecular flexibility index (Phi) is 5.71. The summed E-state index contributed by atoms with van der Waals surface area (Å²) in [4.78, 5) is 46.1. The largest absolute Gasteiger partial charge is 0.385 e. The van der Waals surface area contributed by atoms with Gasteiger partial charge in [0.25, 0.3) is 11.5 Å². The molecule has 0 saturated carbocycles. The number of aliphatic hydroxyl groups excluding tert-OH is 1. The Morgan fingerprint density at radius 2 is 1.79 bits per heavy atom. The smallest absolute Gasteiger partial charge is 0.290 e. The molecule has 0 saturated heterocycles. The molecular formula is C20H18N4O4. The number of nitrogens with zero attached hydrogens (tertiary/aromatic N) is 2. The van der Waals surface area contributed by atoms with Crippen molar-refractivity contribution in [1.29, 1.82) is 0 Å². The number of aromatic nitrogens is 3. The van der Waals surface area contributed by atoms with Crippen LogP contribution in [0.25, 0.3) is 22.6 Å². The van der Waals surface area contributed by atoms with Crippen LogP contribution in [0.5, 0.6) is 0 Å². The van der Waals surface area contributed by atoms with E-state index in [9.17, 15) is 14.4 Å². The van der Waals surface area contributed by atoms with Crippen LogP contribution in [-0.2, 0) is 16.1 Å². The molecule has 0 aliphatic carbocycles. The van der Waals surface area contributed by atoms with Gasteiger partial charge in [-0.2, -0.15) is 0 Å². The molecule has 3 aromatic rings. The highest BCUT2D eigenvalue weighted by Crippen LogP contribution is 2.19. The van der Waals surface area contributed by atoms with Crippen LogP contribution in [0.4, 0.5) is 0 Å². The summed E-state index contributed by atoms with van der Waals surface area (Å²) in [7, 11) is 0. The first kappa shape index (κ1) is 19.1. The molecule has 3 N–H and O–H groups in total. The summed E-state index contributed by atoms with van der Waals surface area (Å²) < 4.78 is 0. The van der Waals surface area contributed by atoms with Gasteiger partial charge in [-0.05, 0) is 24.6 Å². The maximum Gasteiger partial charge on any atom is 0.290 e. The number of hydrogen-bond acceptors (Lipinski definition) is 6. The molecule has 0 spiro atoms. The molecule has 2 heterocycles. The highest BCUT2D eigenvalue weighted by atomic mass is 16.3. The number of ketones is 1. The molecule has 0 radical (unpaired) electrons. The molecule has 3 rings (SSSR count). The van der Waals surface area contributed by atoms with Gasteiger partial charge in [0.2, 0.25) is 5.78 Å². The number of Topliss-reactive ketones (excluding diaryl/α,β-unsaturated/α-hetero) is 1. The van der Waals surface area contributed by atoms with Crippen molar-refractivity contribution in [2.75, 3.05) is 0 Å². The normalized spacial score (nSPS) is 11.6. The SMILES string of the molecule is CC(O)C(=O)C(=O)NCc1ccc(-c2nc(-c3ccncc3)cc(=O)[nH]2)cc1. The molecule has 142 valence electrons. The van der Waals surface area contributed by atoms with E-state index in [0.29, 0.717) is 17.1 Å². The summed E-state index contributed by atoms with van der Waals surface area (Å²) in [5, 5.41) is 11.6. The van der Waals surface area contributed by atoms with Gasteiger partial charge in [-0.25, -0.2) is 4.98 Å². The van der Waals surface area contributed by atoms with Gasteiger partial charge in [-0.15, -0.1) is 0 Å². The molecular weight excluding hydrogens is 360 g/mol. The van der Waals surface area contributed by atoms with Crippen molar-refractivity contribution in [1.82, 2.24) is 20.3 Å². The van der Waals surface area contributed by atoms with E-state index in [-0.39, 0.29) is 12.1 Å². The standard InChI is InChI=1S/C20H18N4O4/c1-12(25)18(27)20(28)22-11-13-2-4-15(5-3-13)19-23-16(10-17(26)24-19)14-6-8-21-9-7-14/h2-10,12,25H,11H2,1H3,(H,22,28)(H,23,24,26). The van der Waals surface area contributed by atoms with E-state index in [2.05, 4.69) is 20.3 Å². The monoisotopic (exact) mass is 378 g/mol.